The lowest BCUT2D eigenvalue weighted by molar-refractivity contribution is 0.256. The first-order valence-corrected chi connectivity index (χ1v) is 8.95. The first-order chi connectivity index (χ1) is 9.58. The molecule has 20 heavy (non-hydrogen) atoms. The summed E-state index contributed by atoms with van der Waals surface area (Å²) in [6.07, 6.45) is 6.09. The van der Waals surface area contributed by atoms with Crippen molar-refractivity contribution < 1.29 is 5.11 Å². The molecule has 1 heterocycles. The molecule has 2 rings (SSSR count). The van der Waals surface area contributed by atoms with Crippen LogP contribution in [0, 0.1) is 0 Å². The quantitative estimate of drug-likeness (QED) is 0.735. The van der Waals surface area contributed by atoms with Gasteiger partial charge in [0.25, 0.3) is 0 Å². The summed E-state index contributed by atoms with van der Waals surface area (Å²) in [5.41, 5.74) is 3.12. The molecule has 1 N–H and O–H groups in total. The third-order valence-electron chi connectivity index (χ3n) is 4.57. The second-order valence-electron chi connectivity index (χ2n) is 6.61. The number of hydrogen-bond acceptors (Lipinski definition) is 2. The van der Waals surface area contributed by atoms with Crippen molar-refractivity contribution in [1.29, 1.82) is 0 Å². The van der Waals surface area contributed by atoms with E-state index >= 15 is 0 Å². The second-order valence-corrected chi connectivity index (χ2v) is 7.75. The molecule has 0 radical (unpaired) electrons. The zero-order valence-corrected chi connectivity index (χ0v) is 13.9. The highest BCUT2D eigenvalue weighted by atomic mass is 32.2. The van der Waals surface area contributed by atoms with Crippen molar-refractivity contribution >= 4 is 11.8 Å². The van der Waals surface area contributed by atoms with Crippen LogP contribution in [-0.4, -0.2) is 17.5 Å². The molecule has 0 spiro atoms. The summed E-state index contributed by atoms with van der Waals surface area (Å²) in [5.74, 6) is 1.53. The average Bonchev–Trinajstić information content (AvgIpc) is 2.43. The summed E-state index contributed by atoms with van der Waals surface area (Å²) in [4.78, 5) is 1.44. The summed E-state index contributed by atoms with van der Waals surface area (Å²) in [5, 5.41) is 9.68. The maximum atomic E-state index is 9.68. The molecule has 1 nitrogen and oxygen atoms in total. The van der Waals surface area contributed by atoms with E-state index in [1.54, 1.807) is 0 Å². The van der Waals surface area contributed by atoms with Gasteiger partial charge >= 0.3 is 0 Å². The maximum absolute atomic E-state index is 9.68. The third kappa shape index (κ3) is 3.59. The Morgan fingerprint density at radius 1 is 1.30 bits per heavy atom. The molecule has 1 aliphatic heterocycles. The fourth-order valence-electron chi connectivity index (χ4n) is 3.03. The Kier molecular flexibility index (Phi) is 5.57. The van der Waals surface area contributed by atoms with Gasteiger partial charge in [0.1, 0.15) is 0 Å². The van der Waals surface area contributed by atoms with Gasteiger partial charge in [-0.1, -0.05) is 52.2 Å². The van der Waals surface area contributed by atoms with E-state index in [0.29, 0.717) is 11.3 Å². The van der Waals surface area contributed by atoms with Crippen molar-refractivity contribution in [2.45, 2.75) is 69.1 Å². The Morgan fingerprint density at radius 2 is 2.10 bits per heavy atom. The number of fused-ring (bicyclic) bond motifs is 1. The van der Waals surface area contributed by atoms with Gasteiger partial charge in [-0.25, -0.2) is 0 Å². The van der Waals surface area contributed by atoms with Gasteiger partial charge in [-0.15, -0.1) is 11.8 Å². The molecule has 112 valence electrons. The zero-order chi connectivity index (χ0) is 14.6. The molecule has 1 aliphatic rings. The summed E-state index contributed by atoms with van der Waals surface area (Å²) in [7, 11) is 0. The number of rotatable bonds is 6. The van der Waals surface area contributed by atoms with Gasteiger partial charge in [0.2, 0.25) is 0 Å². The van der Waals surface area contributed by atoms with Gasteiger partial charge in [0.05, 0.1) is 0 Å². The van der Waals surface area contributed by atoms with Crippen LogP contribution in [0.2, 0.25) is 0 Å². The summed E-state index contributed by atoms with van der Waals surface area (Å²) in [6.45, 7) is 7.19. The normalized spacial score (nSPS) is 18.6. The Labute approximate surface area is 128 Å². The molecular weight excluding hydrogens is 264 g/mol. The first kappa shape index (κ1) is 15.9. The second kappa shape index (κ2) is 7.00. The monoisotopic (exact) mass is 292 g/mol. The lowest BCUT2D eigenvalue weighted by atomic mass is 9.80. The third-order valence-corrected chi connectivity index (χ3v) is 5.62. The van der Waals surface area contributed by atoms with Crippen molar-refractivity contribution in [2.24, 2.45) is 0 Å². The smallest absolute Gasteiger partial charge is 0.0499 e. The number of unbranched alkanes of at least 4 members (excludes halogenated alkanes) is 2. The number of thioether (sulfide) groups is 1. The van der Waals surface area contributed by atoms with Crippen molar-refractivity contribution in [3.05, 3.63) is 29.3 Å². The van der Waals surface area contributed by atoms with E-state index in [0.717, 1.165) is 6.42 Å². The lowest BCUT2D eigenvalue weighted by Crippen LogP contribution is -2.22. The van der Waals surface area contributed by atoms with E-state index in [2.05, 4.69) is 39.0 Å². The van der Waals surface area contributed by atoms with Crippen LogP contribution in [0.3, 0.4) is 0 Å². The molecule has 0 saturated heterocycles. The minimum absolute atomic E-state index is 0.274. The predicted octanol–water partition coefficient (Wildman–Crippen LogP) is 5.12. The molecule has 0 unspecified atom stereocenters. The van der Waals surface area contributed by atoms with Crippen LogP contribution in [0.1, 0.15) is 69.9 Å². The highest BCUT2D eigenvalue weighted by molar-refractivity contribution is 7.99. The molecule has 0 aliphatic carbocycles. The topological polar surface area (TPSA) is 20.2 Å². The molecule has 0 fully saturated rings. The van der Waals surface area contributed by atoms with Gasteiger partial charge in [-0.3, -0.25) is 0 Å². The Morgan fingerprint density at radius 3 is 2.80 bits per heavy atom. The van der Waals surface area contributed by atoms with E-state index < -0.39 is 0 Å². The number of aliphatic hydroxyl groups excluding tert-OH is 1. The van der Waals surface area contributed by atoms with Gasteiger partial charge in [0.15, 0.2) is 0 Å². The zero-order valence-electron chi connectivity index (χ0n) is 13.1. The first-order valence-electron chi connectivity index (χ1n) is 7.96. The Hall–Kier alpha value is -0.470. The maximum Gasteiger partial charge on any atom is 0.0499 e. The minimum atomic E-state index is 0.274. The lowest BCUT2D eigenvalue weighted by Gasteiger charge is -2.32. The van der Waals surface area contributed by atoms with Gasteiger partial charge in [-0.05, 0) is 41.2 Å². The van der Waals surface area contributed by atoms with Crippen LogP contribution in [-0.2, 0) is 5.41 Å². The molecule has 0 aromatic heterocycles. The van der Waals surface area contributed by atoms with Gasteiger partial charge < -0.3 is 5.11 Å². The van der Waals surface area contributed by atoms with E-state index in [1.165, 1.54) is 47.5 Å². The largest absolute Gasteiger partial charge is 0.396 e. The predicted molar refractivity (Wildman–Crippen MR) is 88.8 cm³/mol. The van der Waals surface area contributed by atoms with Crippen LogP contribution >= 0.6 is 11.8 Å². The van der Waals surface area contributed by atoms with E-state index in [9.17, 15) is 5.11 Å². The SMILES string of the molecule is CCCCC[C@@H](CO)c1ccc2c(c1)SCCC2(C)C. The molecule has 1 atom stereocenters. The summed E-state index contributed by atoms with van der Waals surface area (Å²) in [6, 6.07) is 6.90. The standard InChI is InChI=1S/C18H28OS/c1-4-5-6-7-15(13-19)14-8-9-16-17(12-14)20-11-10-18(16,2)3/h8-9,12,15,19H,4-7,10-11,13H2,1-3H3/t15-/m0/s1. The summed E-state index contributed by atoms with van der Waals surface area (Å²) >= 11 is 1.98. The van der Waals surface area contributed by atoms with Crippen molar-refractivity contribution in [3.63, 3.8) is 0 Å². The van der Waals surface area contributed by atoms with Crippen LogP contribution in [0.15, 0.2) is 23.1 Å². The molecule has 1 aromatic rings. The molecule has 1 aromatic carbocycles. The number of hydrogen-bond donors (Lipinski definition) is 1. The highest BCUT2D eigenvalue weighted by Gasteiger charge is 2.28. The van der Waals surface area contributed by atoms with E-state index in [-0.39, 0.29) is 6.61 Å². The van der Waals surface area contributed by atoms with Gasteiger partial charge in [-0.2, -0.15) is 0 Å². The van der Waals surface area contributed by atoms with Crippen LogP contribution in [0.25, 0.3) is 0 Å². The fourth-order valence-corrected chi connectivity index (χ4v) is 4.58. The Balaban J connectivity index is 2.17. The molecule has 0 saturated carbocycles. The average molecular weight is 292 g/mol. The highest BCUT2D eigenvalue weighted by Crippen LogP contribution is 2.42. The van der Waals surface area contributed by atoms with Crippen LogP contribution in [0.5, 0.6) is 0 Å². The summed E-state index contributed by atoms with van der Waals surface area (Å²) < 4.78 is 0. The molecule has 0 amide bonds. The fraction of sp³-hybridized carbons (Fsp3) is 0.667. The molecular formula is C18H28OS. The van der Waals surface area contributed by atoms with E-state index in [4.69, 9.17) is 0 Å². The number of aliphatic hydroxyl groups is 1. The molecule has 0 bridgehead atoms. The van der Waals surface area contributed by atoms with Crippen molar-refractivity contribution in [2.75, 3.05) is 12.4 Å². The Bertz CT molecular complexity index is 439. The van der Waals surface area contributed by atoms with Crippen LogP contribution in [0.4, 0.5) is 0 Å². The van der Waals surface area contributed by atoms with E-state index in [1.807, 2.05) is 11.8 Å². The van der Waals surface area contributed by atoms with Crippen LogP contribution < -0.4 is 0 Å². The van der Waals surface area contributed by atoms with Gasteiger partial charge in [0, 0.05) is 17.4 Å². The van der Waals surface area contributed by atoms with Crippen molar-refractivity contribution in [3.8, 4) is 0 Å². The van der Waals surface area contributed by atoms with Crippen molar-refractivity contribution in [1.82, 2.24) is 0 Å². The minimum Gasteiger partial charge on any atom is -0.396 e. The number of benzene rings is 1. The molecule has 2 heteroatoms.